The van der Waals surface area contributed by atoms with Crippen molar-refractivity contribution in [1.29, 1.82) is 0 Å². The van der Waals surface area contributed by atoms with Gasteiger partial charge in [0.05, 0.1) is 17.2 Å². The van der Waals surface area contributed by atoms with E-state index in [1.54, 1.807) is 6.92 Å². The highest BCUT2D eigenvalue weighted by Crippen LogP contribution is 2.34. The van der Waals surface area contributed by atoms with Crippen LogP contribution in [0.2, 0.25) is 5.02 Å². The van der Waals surface area contributed by atoms with Gasteiger partial charge in [-0.2, -0.15) is 0 Å². The van der Waals surface area contributed by atoms with Gasteiger partial charge in [-0.15, -0.1) is 0 Å². The van der Waals surface area contributed by atoms with Gasteiger partial charge in [0.2, 0.25) is 0 Å². The largest absolute Gasteiger partial charge is 0.395 e. The number of rotatable bonds is 6. The highest BCUT2D eigenvalue weighted by atomic mass is 35.5. The number of aryl methyl sites for hydroxylation is 1. The molecule has 0 aliphatic carbocycles. The molecule has 1 amide bonds. The Balaban J connectivity index is 2.02. The second kappa shape index (κ2) is 8.33. The zero-order chi connectivity index (χ0) is 19.4. The van der Waals surface area contributed by atoms with Crippen LogP contribution in [0.3, 0.4) is 0 Å². The summed E-state index contributed by atoms with van der Waals surface area (Å²) in [4.78, 5) is 14.7. The van der Waals surface area contributed by atoms with E-state index in [2.05, 4.69) is 5.16 Å². The minimum absolute atomic E-state index is 0.0167. The Kier molecular flexibility index (Phi) is 5.88. The topological polar surface area (TPSA) is 66.6 Å². The van der Waals surface area contributed by atoms with Crippen LogP contribution < -0.4 is 0 Å². The SMILES string of the molecule is Cc1onc(-c2c(F)cccc2Cl)c1C(=O)N(CCO)Cc1ccccc1. The van der Waals surface area contributed by atoms with E-state index in [0.717, 1.165) is 5.56 Å². The highest BCUT2D eigenvalue weighted by Gasteiger charge is 2.28. The Labute approximate surface area is 161 Å². The minimum Gasteiger partial charge on any atom is -0.395 e. The number of aliphatic hydroxyl groups is 1. The molecule has 0 saturated heterocycles. The van der Waals surface area contributed by atoms with Crippen LogP contribution in [0, 0.1) is 12.7 Å². The van der Waals surface area contributed by atoms with Crippen LogP contribution in [0.4, 0.5) is 4.39 Å². The molecule has 2 aromatic carbocycles. The summed E-state index contributed by atoms with van der Waals surface area (Å²) >= 11 is 6.13. The monoisotopic (exact) mass is 388 g/mol. The summed E-state index contributed by atoms with van der Waals surface area (Å²) in [7, 11) is 0. The first-order valence-corrected chi connectivity index (χ1v) is 8.75. The van der Waals surface area contributed by atoms with Crippen molar-refractivity contribution in [2.75, 3.05) is 13.2 Å². The molecule has 1 heterocycles. The van der Waals surface area contributed by atoms with Crippen LogP contribution in [0.15, 0.2) is 53.1 Å². The summed E-state index contributed by atoms with van der Waals surface area (Å²) in [5, 5.41) is 13.4. The molecule has 0 bridgehead atoms. The molecule has 5 nitrogen and oxygen atoms in total. The Bertz CT molecular complexity index is 923. The standard InChI is InChI=1S/C20H18ClFN2O3/c1-13-17(19(23-27-13)18-15(21)8-5-9-16(18)22)20(26)24(10-11-25)12-14-6-3-2-4-7-14/h2-9,25H,10-12H2,1H3. The Morgan fingerprint density at radius 2 is 1.96 bits per heavy atom. The molecule has 3 rings (SSSR count). The maximum absolute atomic E-state index is 14.4. The van der Waals surface area contributed by atoms with Crippen LogP contribution in [0.1, 0.15) is 21.7 Å². The normalized spacial score (nSPS) is 10.8. The van der Waals surface area contributed by atoms with Gasteiger partial charge in [0.1, 0.15) is 22.8 Å². The number of aliphatic hydroxyl groups excluding tert-OH is 1. The molecule has 3 aromatic rings. The predicted octanol–water partition coefficient (Wildman–Crippen LogP) is 4.08. The summed E-state index contributed by atoms with van der Waals surface area (Å²) < 4.78 is 19.5. The lowest BCUT2D eigenvalue weighted by molar-refractivity contribution is 0.0706. The molecular formula is C20H18ClFN2O3. The van der Waals surface area contributed by atoms with E-state index >= 15 is 0 Å². The van der Waals surface area contributed by atoms with Crippen LogP contribution in [-0.4, -0.2) is 34.2 Å². The van der Waals surface area contributed by atoms with E-state index in [4.69, 9.17) is 16.1 Å². The quantitative estimate of drug-likeness (QED) is 0.691. The number of hydrogen-bond acceptors (Lipinski definition) is 4. The lowest BCUT2D eigenvalue weighted by atomic mass is 10.0. The molecule has 0 saturated carbocycles. The lowest BCUT2D eigenvalue weighted by Gasteiger charge is -2.22. The van der Waals surface area contributed by atoms with E-state index < -0.39 is 11.7 Å². The number of halogens is 2. The third-order valence-electron chi connectivity index (χ3n) is 4.15. The summed E-state index contributed by atoms with van der Waals surface area (Å²) in [5.41, 5.74) is 1.10. The van der Waals surface area contributed by atoms with Crippen LogP contribution in [-0.2, 0) is 6.54 Å². The van der Waals surface area contributed by atoms with Crippen molar-refractivity contribution >= 4 is 17.5 Å². The molecular weight excluding hydrogens is 371 g/mol. The van der Waals surface area contributed by atoms with Gasteiger partial charge in [0.15, 0.2) is 0 Å². The van der Waals surface area contributed by atoms with Crippen LogP contribution in [0.5, 0.6) is 0 Å². The van der Waals surface area contributed by atoms with E-state index in [1.165, 1.54) is 23.1 Å². The van der Waals surface area contributed by atoms with Gasteiger partial charge >= 0.3 is 0 Å². The number of carbonyl (C=O) groups is 1. The second-order valence-electron chi connectivity index (χ2n) is 5.99. The zero-order valence-electron chi connectivity index (χ0n) is 14.7. The van der Waals surface area contributed by atoms with Crippen molar-refractivity contribution in [3.05, 3.63) is 76.3 Å². The maximum Gasteiger partial charge on any atom is 0.260 e. The van der Waals surface area contributed by atoms with Gasteiger partial charge in [-0.25, -0.2) is 4.39 Å². The van der Waals surface area contributed by atoms with Gasteiger partial charge in [0, 0.05) is 13.1 Å². The Morgan fingerprint density at radius 1 is 1.22 bits per heavy atom. The van der Waals surface area contributed by atoms with Gasteiger partial charge in [0.25, 0.3) is 5.91 Å². The third kappa shape index (κ3) is 4.02. The summed E-state index contributed by atoms with van der Waals surface area (Å²) in [6.07, 6.45) is 0. The minimum atomic E-state index is -0.596. The van der Waals surface area contributed by atoms with Gasteiger partial charge in [-0.3, -0.25) is 4.79 Å². The fourth-order valence-corrected chi connectivity index (χ4v) is 3.11. The molecule has 27 heavy (non-hydrogen) atoms. The zero-order valence-corrected chi connectivity index (χ0v) is 15.4. The molecule has 7 heteroatoms. The maximum atomic E-state index is 14.4. The average molecular weight is 389 g/mol. The molecule has 0 fully saturated rings. The molecule has 1 aromatic heterocycles. The molecule has 1 N–H and O–H groups in total. The van der Waals surface area contributed by atoms with E-state index in [0.29, 0.717) is 0 Å². The van der Waals surface area contributed by atoms with Gasteiger partial charge < -0.3 is 14.5 Å². The fourth-order valence-electron chi connectivity index (χ4n) is 2.85. The number of nitrogens with zero attached hydrogens (tertiary/aromatic N) is 2. The number of hydrogen-bond donors (Lipinski definition) is 1. The van der Waals surface area contributed by atoms with Crippen molar-refractivity contribution < 1.29 is 18.8 Å². The number of amides is 1. The summed E-state index contributed by atoms with van der Waals surface area (Å²) in [6.45, 7) is 1.77. The molecule has 0 radical (unpaired) electrons. The first-order valence-electron chi connectivity index (χ1n) is 8.37. The van der Waals surface area contributed by atoms with E-state index in [1.807, 2.05) is 30.3 Å². The number of benzene rings is 2. The van der Waals surface area contributed by atoms with Crippen molar-refractivity contribution in [2.24, 2.45) is 0 Å². The molecule has 0 aliphatic heterocycles. The molecule has 0 atom stereocenters. The number of aromatic nitrogens is 1. The Morgan fingerprint density at radius 3 is 2.63 bits per heavy atom. The van der Waals surface area contributed by atoms with Crippen molar-refractivity contribution in [3.63, 3.8) is 0 Å². The first-order chi connectivity index (χ1) is 13.0. The van der Waals surface area contributed by atoms with Crippen LogP contribution in [0.25, 0.3) is 11.3 Å². The number of carbonyl (C=O) groups excluding carboxylic acids is 1. The van der Waals surface area contributed by atoms with Crippen LogP contribution >= 0.6 is 11.6 Å². The second-order valence-corrected chi connectivity index (χ2v) is 6.40. The highest BCUT2D eigenvalue weighted by molar-refractivity contribution is 6.33. The lowest BCUT2D eigenvalue weighted by Crippen LogP contribution is -2.33. The predicted molar refractivity (Wildman–Crippen MR) is 99.9 cm³/mol. The van der Waals surface area contributed by atoms with Crippen molar-refractivity contribution in [3.8, 4) is 11.3 Å². The molecule has 0 spiro atoms. The average Bonchev–Trinajstić information content (AvgIpc) is 3.03. The van der Waals surface area contributed by atoms with Gasteiger partial charge in [-0.1, -0.05) is 53.2 Å². The third-order valence-corrected chi connectivity index (χ3v) is 4.46. The Hall–Kier alpha value is -2.70. The van der Waals surface area contributed by atoms with Gasteiger partial charge in [-0.05, 0) is 24.6 Å². The molecule has 140 valence electrons. The van der Waals surface area contributed by atoms with Crippen molar-refractivity contribution in [1.82, 2.24) is 10.1 Å². The smallest absolute Gasteiger partial charge is 0.260 e. The van der Waals surface area contributed by atoms with E-state index in [-0.39, 0.29) is 47.3 Å². The summed E-state index contributed by atoms with van der Waals surface area (Å²) in [5.74, 6) is -0.757. The van der Waals surface area contributed by atoms with Crippen molar-refractivity contribution in [2.45, 2.75) is 13.5 Å². The summed E-state index contributed by atoms with van der Waals surface area (Å²) in [6, 6.07) is 13.6. The fraction of sp³-hybridized carbons (Fsp3) is 0.200. The van der Waals surface area contributed by atoms with E-state index in [9.17, 15) is 14.3 Å². The molecule has 0 unspecified atom stereocenters. The first kappa shape index (κ1) is 19.1. The molecule has 0 aliphatic rings.